The number of likely N-dealkylation sites (tertiary alicyclic amines) is 1. The number of rotatable bonds is 8. The summed E-state index contributed by atoms with van der Waals surface area (Å²) in [5.41, 5.74) is 2.95. The fourth-order valence-corrected chi connectivity index (χ4v) is 4.22. The maximum absolute atomic E-state index is 13.2. The Bertz CT molecular complexity index is 1240. The van der Waals surface area contributed by atoms with Crippen molar-refractivity contribution in [2.24, 2.45) is 0 Å². The Labute approximate surface area is 197 Å². The van der Waals surface area contributed by atoms with E-state index in [1.54, 1.807) is 42.6 Å². The number of hydrogen-bond donors (Lipinski definition) is 1. The van der Waals surface area contributed by atoms with Crippen molar-refractivity contribution >= 4 is 5.91 Å². The molecule has 1 saturated heterocycles. The van der Waals surface area contributed by atoms with E-state index >= 15 is 0 Å². The molecule has 3 aromatic heterocycles. The summed E-state index contributed by atoms with van der Waals surface area (Å²) in [7, 11) is 1.58. The molecule has 1 N–H and O–H groups in total. The maximum atomic E-state index is 13.2. The van der Waals surface area contributed by atoms with Crippen molar-refractivity contribution in [3.63, 3.8) is 0 Å². The van der Waals surface area contributed by atoms with Gasteiger partial charge in [0.2, 0.25) is 0 Å². The molecule has 0 bridgehead atoms. The van der Waals surface area contributed by atoms with Gasteiger partial charge in [-0.15, -0.1) is 0 Å². The summed E-state index contributed by atoms with van der Waals surface area (Å²) in [6.07, 6.45) is 5.68. The molecule has 0 saturated carbocycles. The average Bonchev–Trinajstić information content (AvgIpc) is 3.62. The van der Waals surface area contributed by atoms with Crippen molar-refractivity contribution in [2.45, 2.75) is 25.6 Å². The molecule has 1 aliphatic heterocycles. The van der Waals surface area contributed by atoms with E-state index in [4.69, 9.17) is 9.15 Å². The summed E-state index contributed by atoms with van der Waals surface area (Å²) in [6, 6.07) is 15.8. The number of ether oxygens (including phenoxy) is 1. The van der Waals surface area contributed by atoms with E-state index < -0.39 is 0 Å². The molecule has 0 spiro atoms. The van der Waals surface area contributed by atoms with Gasteiger partial charge in [0.1, 0.15) is 5.69 Å². The zero-order valence-electron chi connectivity index (χ0n) is 18.9. The standard InChI is InChI=1S/C25H26N6O3/c1-33-17-22-20(14-27-31(22)25-26-11-9-21(29-25)23-8-5-13-34-23)24(32)28-19-10-12-30(16-19)15-18-6-3-2-4-7-18/h2-9,11,13-14,19H,10,12,15-17H2,1H3,(H,28,32). The molecule has 1 fully saturated rings. The number of benzene rings is 1. The van der Waals surface area contributed by atoms with Gasteiger partial charge in [-0.25, -0.2) is 9.97 Å². The molecule has 0 aliphatic carbocycles. The van der Waals surface area contributed by atoms with Gasteiger partial charge in [0.25, 0.3) is 11.9 Å². The van der Waals surface area contributed by atoms with Gasteiger partial charge < -0.3 is 14.5 Å². The minimum absolute atomic E-state index is 0.0773. The van der Waals surface area contributed by atoms with E-state index in [-0.39, 0.29) is 18.6 Å². The van der Waals surface area contributed by atoms with Gasteiger partial charge in [-0.3, -0.25) is 9.69 Å². The summed E-state index contributed by atoms with van der Waals surface area (Å²) in [5, 5.41) is 7.57. The number of carbonyl (C=O) groups is 1. The predicted molar refractivity (Wildman–Crippen MR) is 125 cm³/mol. The average molecular weight is 459 g/mol. The molecule has 5 rings (SSSR count). The van der Waals surface area contributed by atoms with Crippen LogP contribution in [-0.2, 0) is 17.9 Å². The number of amides is 1. The Hall–Kier alpha value is -3.82. The highest BCUT2D eigenvalue weighted by atomic mass is 16.5. The monoisotopic (exact) mass is 458 g/mol. The van der Waals surface area contributed by atoms with Crippen molar-refractivity contribution in [1.82, 2.24) is 30.0 Å². The van der Waals surface area contributed by atoms with E-state index in [1.165, 1.54) is 5.56 Å². The fourth-order valence-electron chi connectivity index (χ4n) is 4.22. The lowest BCUT2D eigenvalue weighted by Gasteiger charge is -2.17. The third kappa shape index (κ3) is 4.75. The lowest BCUT2D eigenvalue weighted by Crippen LogP contribution is -2.37. The zero-order chi connectivity index (χ0) is 23.3. The summed E-state index contributed by atoms with van der Waals surface area (Å²) >= 11 is 0. The van der Waals surface area contributed by atoms with Gasteiger partial charge in [0, 0.05) is 39.0 Å². The van der Waals surface area contributed by atoms with Crippen molar-refractivity contribution < 1.29 is 13.9 Å². The molecule has 1 amide bonds. The number of furan rings is 1. The van der Waals surface area contributed by atoms with Gasteiger partial charge >= 0.3 is 0 Å². The first-order valence-electron chi connectivity index (χ1n) is 11.2. The van der Waals surface area contributed by atoms with E-state index in [9.17, 15) is 4.79 Å². The van der Waals surface area contributed by atoms with Crippen molar-refractivity contribution in [1.29, 1.82) is 0 Å². The maximum Gasteiger partial charge on any atom is 0.255 e. The molecule has 1 unspecified atom stereocenters. The van der Waals surface area contributed by atoms with Crippen molar-refractivity contribution in [2.75, 3.05) is 20.2 Å². The van der Waals surface area contributed by atoms with Crippen molar-refractivity contribution in [3.05, 3.63) is 84.0 Å². The summed E-state index contributed by atoms with van der Waals surface area (Å²) < 4.78 is 12.4. The lowest BCUT2D eigenvalue weighted by atomic mass is 10.2. The minimum Gasteiger partial charge on any atom is -0.463 e. The Morgan fingerprint density at radius 1 is 1.21 bits per heavy atom. The molecule has 1 atom stereocenters. The third-order valence-corrected chi connectivity index (χ3v) is 5.86. The van der Waals surface area contributed by atoms with Gasteiger partial charge in [-0.2, -0.15) is 9.78 Å². The van der Waals surface area contributed by atoms with Crippen LogP contribution in [-0.4, -0.2) is 56.8 Å². The molecule has 34 heavy (non-hydrogen) atoms. The number of carbonyl (C=O) groups excluding carboxylic acids is 1. The highest BCUT2D eigenvalue weighted by Gasteiger charge is 2.27. The molecular weight excluding hydrogens is 432 g/mol. The molecule has 174 valence electrons. The van der Waals surface area contributed by atoms with Crippen LogP contribution in [0.4, 0.5) is 0 Å². The largest absolute Gasteiger partial charge is 0.463 e. The molecule has 9 nitrogen and oxygen atoms in total. The Morgan fingerprint density at radius 2 is 2.09 bits per heavy atom. The second-order valence-corrected chi connectivity index (χ2v) is 8.25. The highest BCUT2D eigenvalue weighted by molar-refractivity contribution is 5.95. The molecule has 1 aromatic carbocycles. The summed E-state index contributed by atoms with van der Waals surface area (Å²) in [5.74, 6) is 0.797. The fraction of sp³-hybridized carbons (Fsp3) is 0.280. The topological polar surface area (TPSA) is 98.3 Å². The summed E-state index contributed by atoms with van der Waals surface area (Å²) in [6.45, 7) is 2.82. The molecule has 4 heterocycles. The summed E-state index contributed by atoms with van der Waals surface area (Å²) in [4.78, 5) is 24.4. The van der Waals surface area contributed by atoms with Crippen LogP contribution in [0.15, 0.2) is 71.6 Å². The minimum atomic E-state index is -0.174. The van der Waals surface area contributed by atoms with Crippen LogP contribution < -0.4 is 5.32 Å². The number of nitrogens with one attached hydrogen (secondary N) is 1. The van der Waals surface area contributed by atoms with Gasteiger partial charge in [0.05, 0.1) is 30.3 Å². The third-order valence-electron chi connectivity index (χ3n) is 5.86. The molecular formula is C25H26N6O3. The van der Waals surface area contributed by atoms with Gasteiger partial charge in [-0.1, -0.05) is 30.3 Å². The lowest BCUT2D eigenvalue weighted by molar-refractivity contribution is 0.0932. The highest BCUT2D eigenvalue weighted by Crippen LogP contribution is 2.20. The van der Waals surface area contributed by atoms with E-state index in [1.807, 2.05) is 24.3 Å². The molecule has 9 heteroatoms. The Morgan fingerprint density at radius 3 is 2.88 bits per heavy atom. The van der Waals surface area contributed by atoms with Crippen LogP contribution >= 0.6 is 0 Å². The van der Waals surface area contributed by atoms with E-state index in [0.717, 1.165) is 26.1 Å². The van der Waals surface area contributed by atoms with Crippen LogP contribution in [0, 0.1) is 0 Å². The van der Waals surface area contributed by atoms with Gasteiger partial charge in [0.15, 0.2) is 5.76 Å². The number of nitrogens with zero attached hydrogens (tertiary/aromatic N) is 5. The van der Waals surface area contributed by atoms with Gasteiger partial charge in [-0.05, 0) is 30.2 Å². The first-order valence-corrected chi connectivity index (χ1v) is 11.2. The van der Waals surface area contributed by atoms with Crippen LogP contribution in [0.3, 0.4) is 0 Å². The van der Waals surface area contributed by atoms with E-state index in [0.29, 0.717) is 28.7 Å². The second-order valence-electron chi connectivity index (χ2n) is 8.25. The Balaban J connectivity index is 1.31. The smallest absolute Gasteiger partial charge is 0.255 e. The quantitative estimate of drug-likeness (QED) is 0.433. The predicted octanol–water partition coefficient (Wildman–Crippen LogP) is 3.07. The van der Waals surface area contributed by atoms with Crippen LogP contribution in [0.1, 0.15) is 28.0 Å². The van der Waals surface area contributed by atoms with Crippen LogP contribution in [0.25, 0.3) is 17.4 Å². The molecule has 1 aliphatic rings. The SMILES string of the molecule is COCc1c(C(=O)NC2CCN(Cc3ccccc3)C2)cnn1-c1nccc(-c2ccco2)n1. The normalized spacial score (nSPS) is 16.1. The second kappa shape index (κ2) is 9.98. The molecule has 4 aromatic rings. The molecule has 0 radical (unpaired) electrons. The zero-order valence-corrected chi connectivity index (χ0v) is 18.9. The first kappa shape index (κ1) is 22.0. The number of hydrogen-bond acceptors (Lipinski definition) is 7. The first-order chi connectivity index (χ1) is 16.7. The van der Waals surface area contributed by atoms with Crippen LogP contribution in [0.5, 0.6) is 0 Å². The van der Waals surface area contributed by atoms with Crippen LogP contribution in [0.2, 0.25) is 0 Å². The number of methoxy groups -OCH3 is 1. The Kier molecular flexibility index (Phi) is 6.46. The van der Waals surface area contributed by atoms with Crippen molar-refractivity contribution in [3.8, 4) is 17.4 Å². The van der Waals surface area contributed by atoms with E-state index in [2.05, 4.69) is 37.4 Å². The number of aromatic nitrogens is 4.